The Labute approximate surface area is 112 Å². The van der Waals surface area contributed by atoms with Crippen LogP contribution in [-0.4, -0.2) is 57.9 Å². The van der Waals surface area contributed by atoms with E-state index >= 15 is 0 Å². The smallest absolute Gasteiger partial charge is 0.239 e. The van der Waals surface area contributed by atoms with Crippen molar-refractivity contribution in [2.75, 3.05) is 25.4 Å². The molecule has 2 aliphatic rings. The molecule has 0 aromatic heterocycles. The second-order valence-electron chi connectivity index (χ2n) is 5.43. The summed E-state index contributed by atoms with van der Waals surface area (Å²) in [4.78, 5) is 27.1. The van der Waals surface area contributed by atoms with Crippen LogP contribution in [0, 0.1) is 5.92 Å². The molecule has 1 spiro atoms. The van der Waals surface area contributed by atoms with Crippen molar-refractivity contribution in [1.29, 1.82) is 0 Å². The monoisotopic (exact) mass is 271 g/mol. The lowest BCUT2D eigenvalue weighted by atomic mass is 9.99. The lowest BCUT2D eigenvalue weighted by molar-refractivity contribution is -0.148. The normalized spacial score (nSPS) is 23.4. The van der Waals surface area contributed by atoms with Crippen molar-refractivity contribution in [2.24, 2.45) is 11.7 Å². The maximum atomic E-state index is 12.1. The van der Waals surface area contributed by atoms with Crippen LogP contribution in [0.25, 0.3) is 0 Å². The lowest BCUT2D eigenvalue weighted by Crippen LogP contribution is -2.70. The van der Waals surface area contributed by atoms with E-state index < -0.39 is 6.04 Å². The number of amides is 2. The van der Waals surface area contributed by atoms with Gasteiger partial charge in [-0.15, -0.1) is 11.8 Å². The van der Waals surface area contributed by atoms with Crippen LogP contribution in [0.5, 0.6) is 0 Å². The largest absolute Gasteiger partial charge is 0.335 e. The third-order valence-corrected chi connectivity index (χ3v) is 5.15. The fourth-order valence-electron chi connectivity index (χ4n) is 2.52. The summed E-state index contributed by atoms with van der Waals surface area (Å²) in [7, 11) is 0. The van der Waals surface area contributed by atoms with E-state index in [2.05, 4.69) is 0 Å². The molecule has 2 rings (SSSR count). The van der Waals surface area contributed by atoms with Crippen LogP contribution in [0.1, 0.15) is 20.8 Å². The molecule has 2 N–H and O–H groups in total. The first kappa shape index (κ1) is 13.7. The molecular weight excluding hydrogens is 250 g/mol. The van der Waals surface area contributed by atoms with Crippen LogP contribution in [0.2, 0.25) is 0 Å². The van der Waals surface area contributed by atoms with Crippen LogP contribution in [-0.2, 0) is 9.59 Å². The van der Waals surface area contributed by atoms with E-state index in [0.29, 0.717) is 13.1 Å². The molecule has 0 radical (unpaired) electrons. The van der Waals surface area contributed by atoms with E-state index in [4.69, 9.17) is 5.73 Å². The molecule has 18 heavy (non-hydrogen) atoms. The Morgan fingerprint density at radius 3 is 2.44 bits per heavy atom. The summed E-state index contributed by atoms with van der Waals surface area (Å²) in [5.41, 5.74) is 5.87. The summed E-state index contributed by atoms with van der Waals surface area (Å²) < 4.78 is 0. The number of thioether (sulfide) groups is 1. The van der Waals surface area contributed by atoms with Gasteiger partial charge in [-0.2, -0.15) is 0 Å². The zero-order chi connectivity index (χ0) is 13.5. The van der Waals surface area contributed by atoms with Crippen molar-refractivity contribution in [3.05, 3.63) is 0 Å². The maximum Gasteiger partial charge on any atom is 0.239 e. The number of rotatable bonds is 2. The molecule has 2 fully saturated rings. The molecule has 1 atom stereocenters. The summed E-state index contributed by atoms with van der Waals surface area (Å²) in [6, 6.07) is -0.431. The van der Waals surface area contributed by atoms with E-state index in [1.54, 1.807) is 23.6 Å². The van der Waals surface area contributed by atoms with Gasteiger partial charge in [-0.1, -0.05) is 13.8 Å². The summed E-state index contributed by atoms with van der Waals surface area (Å²) in [5.74, 6) is 1.21. The van der Waals surface area contributed by atoms with E-state index in [0.717, 1.165) is 12.3 Å². The van der Waals surface area contributed by atoms with Crippen molar-refractivity contribution in [1.82, 2.24) is 9.80 Å². The van der Waals surface area contributed by atoms with Crippen molar-refractivity contribution in [3.63, 3.8) is 0 Å². The quantitative estimate of drug-likeness (QED) is 0.774. The van der Waals surface area contributed by atoms with E-state index in [9.17, 15) is 9.59 Å². The number of hydrogen-bond donors (Lipinski definition) is 1. The molecular formula is C12H21N3O2S. The Morgan fingerprint density at radius 2 is 1.94 bits per heavy atom. The molecule has 2 saturated heterocycles. The first-order valence-electron chi connectivity index (χ1n) is 6.34. The van der Waals surface area contributed by atoms with E-state index in [1.807, 2.05) is 18.7 Å². The van der Waals surface area contributed by atoms with Crippen LogP contribution >= 0.6 is 11.8 Å². The molecule has 0 aromatic rings. The van der Waals surface area contributed by atoms with Crippen LogP contribution in [0.4, 0.5) is 0 Å². The highest BCUT2D eigenvalue weighted by Gasteiger charge is 2.54. The molecule has 2 amide bonds. The van der Waals surface area contributed by atoms with Gasteiger partial charge in [-0.3, -0.25) is 9.59 Å². The van der Waals surface area contributed by atoms with Gasteiger partial charge in [0, 0.05) is 19.2 Å². The third kappa shape index (κ3) is 2.12. The highest BCUT2D eigenvalue weighted by Crippen LogP contribution is 2.43. The van der Waals surface area contributed by atoms with Gasteiger partial charge in [0.25, 0.3) is 0 Å². The number of hydrogen-bond acceptors (Lipinski definition) is 4. The predicted octanol–water partition coefficient (Wildman–Crippen LogP) is 0.104. The first-order chi connectivity index (χ1) is 8.37. The van der Waals surface area contributed by atoms with E-state index in [-0.39, 0.29) is 22.6 Å². The standard InChI is InChI=1S/C12H21N3O2S/c1-8(2)10(13)11(17)14-6-12(7-14)15(9(3)16)4-5-18-12/h8,10H,4-7,13H2,1-3H3/t10-/m0/s1. The van der Waals surface area contributed by atoms with Gasteiger partial charge < -0.3 is 15.5 Å². The van der Waals surface area contributed by atoms with Crippen molar-refractivity contribution in [2.45, 2.75) is 31.7 Å². The van der Waals surface area contributed by atoms with Gasteiger partial charge in [0.15, 0.2) is 0 Å². The van der Waals surface area contributed by atoms with Crippen molar-refractivity contribution < 1.29 is 9.59 Å². The van der Waals surface area contributed by atoms with Gasteiger partial charge in [0.1, 0.15) is 4.87 Å². The Kier molecular flexibility index (Phi) is 3.60. The fraction of sp³-hybridized carbons (Fsp3) is 0.833. The van der Waals surface area contributed by atoms with Crippen molar-refractivity contribution >= 4 is 23.6 Å². The Bertz CT molecular complexity index is 366. The Morgan fingerprint density at radius 1 is 1.33 bits per heavy atom. The number of carbonyl (C=O) groups is 2. The summed E-state index contributed by atoms with van der Waals surface area (Å²) in [6.07, 6.45) is 0. The Hall–Kier alpha value is -0.750. The molecule has 0 saturated carbocycles. The second kappa shape index (κ2) is 4.74. The first-order valence-corrected chi connectivity index (χ1v) is 7.32. The lowest BCUT2D eigenvalue weighted by Gasteiger charge is -2.52. The zero-order valence-corrected chi connectivity index (χ0v) is 12.0. The molecule has 2 aliphatic heterocycles. The highest BCUT2D eigenvalue weighted by atomic mass is 32.2. The van der Waals surface area contributed by atoms with E-state index in [1.165, 1.54) is 0 Å². The zero-order valence-electron chi connectivity index (χ0n) is 11.2. The minimum Gasteiger partial charge on any atom is -0.335 e. The van der Waals surface area contributed by atoms with Gasteiger partial charge in [0.2, 0.25) is 11.8 Å². The van der Waals surface area contributed by atoms with Crippen molar-refractivity contribution in [3.8, 4) is 0 Å². The Balaban J connectivity index is 1.97. The van der Waals surface area contributed by atoms with Gasteiger partial charge in [-0.05, 0) is 5.92 Å². The fourth-order valence-corrected chi connectivity index (χ4v) is 4.04. The SMILES string of the molecule is CC(=O)N1CCSC12CN(C(=O)[C@@H](N)C(C)C)C2. The minimum absolute atomic E-state index is 0.00614. The molecule has 5 nitrogen and oxygen atoms in total. The number of carbonyl (C=O) groups excluding carboxylic acids is 2. The van der Waals surface area contributed by atoms with Crippen LogP contribution in [0.15, 0.2) is 0 Å². The third-order valence-electron chi connectivity index (χ3n) is 3.75. The van der Waals surface area contributed by atoms with Gasteiger partial charge >= 0.3 is 0 Å². The highest BCUT2D eigenvalue weighted by molar-refractivity contribution is 8.01. The summed E-state index contributed by atoms with van der Waals surface area (Å²) in [6.45, 7) is 7.53. The average molecular weight is 271 g/mol. The summed E-state index contributed by atoms with van der Waals surface area (Å²) in [5, 5.41) is 0. The number of likely N-dealkylation sites (tertiary alicyclic amines) is 1. The predicted molar refractivity (Wildman–Crippen MR) is 72.0 cm³/mol. The molecule has 6 heteroatoms. The van der Waals surface area contributed by atoms with Gasteiger partial charge in [-0.25, -0.2) is 0 Å². The topological polar surface area (TPSA) is 66.6 Å². The molecule has 2 heterocycles. The molecule has 0 bridgehead atoms. The molecule has 0 unspecified atom stereocenters. The average Bonchev–Trinajstić information content (AvgIpc) is 2.69. The van der Waals surface area contributed by atoms with Crippen LogP contribution < -0.4 is 5.73 Å². The molecule has 0 aliphatic carbocycles. The molecule has 102 valence electrons. The maximum absolute atomic E-state index is 12.1. The number of nitrogens with zero attached hydrogens (tertiary/aromatic N) is 2. The minimum atomic E-state index is -0.431. The molecule has 0 aromatic carbocycles. The summed E-state index contributed by atoms with van der Waals surface area (Å²) >= 11 is 1.78. The van der Waals surface area contributed by atoms with Crippen LogP contribution in [0.3, 0.4) is 0 Å². The second-order valence-corrected chi connectivity index (χ2v) is 6.89. The number of nitrogens with two attached hydrogens (primary N) is 1. The van der Waals surface area contributed by atoms with Gasteiger partial charge in [0.05, 0.1) is 19.1 Å².